The number of halogens is 1. The van der Waals surface area contributed by atoms with Gasteiger partial charge in [0.15, 0.2) is 6.29 Å². The molecule has 76 valence electrons. The van der Waals surface area contributed by atoms with Gasteiger partial charge in [0.2, 0.25) is 5.95 Å². The summed E-state index contributed by atoms with van der Waals surface area (Å²) in [6.07, 6.45) is 4.86. The van der Waals surface area contributed by atoms with Crippen LogP contribution in [0, 0.1) is 5.95 Å². The molecule has 0 aliphatic carbocycles. The zero-order valence-corrected chi connectivity index (χ0v) is 7.67. The number of aldehydes is 1. The highest BCUT2D eigenvalue weighted by molar-refractivity contribution is 5.75. The molecule has 15 heavy (non-hydrogen) atoms. The third kappa shape index (κ3) is 3.21. The highest BCUT2D eigenvalue weighted by Gasteiger charge is 2.01. The predicted molar refractivity (Wildman–Crippen MR) is 52.6 cm³/mol. The molecule has 6 heteroatoms. The second-order valence-corrected chi connectivity index (χ2v) is 2.58. The van der Waals surface area contributed by atoms with Gasteiger partial charge in [-0.3, -0.25) is 4.79 Å². The molecule has 0 aromatic carbocycles. The molecule has 0 fully saturated rings. The van der Waals surface area contributed by atoms with Gasteiger partial charge in [0, 0.05) is 17.7 Å². The first-order valence-corrected chi connectivity index (χ1v) is 4.06. The number of rotatable bonds is 4. The molecule has 1 rings (SSSR count). The van der Waals surface area contributed by atoms with Crippen molar-refractivity contribution in [1.29, 1.82) is 0 Å². The number of carbonyl (C=O) groups excluding carboxylic acids is 1. The summed E-state index contributed by atoms with van der Waals surface area (Å²) in [5, 5.41) is 3.28. The summed E-state index contributed by atoms with van der Waals surface area (Å²) >= 11 is 0. The SMILES string of the molecule is [N-]=[N+]=NCC=Cc1cnc(F)c(C=O)c1. The lowest BCUT2D eigenvalue weighted by Crippen LogP contribution is -1.92. The molecule has 0 aliphatic rings. The average Bonchev–Trinajstić information content (AvgIpc) is 2.26. The van der Waals surface area contributed by atoms with Crippen LogP contribution in [0.25, 0.3) is 16.5 Å². The van der Waals surface area contributed by atoms with Crippen molar-refractivity contribution >= 4 is 12.4 Å². The Morgan fingerprint density at radius 3 is 3.13 bits per heavy atom. The lowest BCUT2D eigenvalue weighted by atomic mass is 10.2. The highest BCUT2D eigenvalue weighted by Crippen LogP contribution is 2.06. The standard InChI is InChI=1S/C9H7FN4O/c10-9-8(6-15)4-7(5-12-9)2-1-3-13-14-11/h1-2,4-6H,3H2. The van der Waals surface area contributed by atoms with Crippen molar-refractivity contribution in [3.8, 4) is 0 Å². The molecule has 0 saturated heterocycles. The number of azide groups is 1. The van der Waals surface area contributed by atoms with E-state index in [2.05, 4.69) is 15.0 Å². The number of carbonyl (C=O) groups is 1. The van der Waals surface area contributed by atoms with E-state index in [0.717, 1.165) is 0 Å². The van der Waals surface area contributed by atoms with E-state index in [4.69, 9.17) is 5.53 Å². The molecule has 1 aromatic rings. The molecule has 5 nitrogen and oxygen atoms in total. The molecular formula is C9H7FN4O. The first-order valence-electron chi connectivity index (χ1n) is 4.06. The molecule has 0 unspecified atom stereocenters. The molecule has 0 saturated carbocycles. The van der Waals surface area contributed by atoms with Crippen molar-refractivity contribution in [3.05, 3.63) is 45.9 Å². The van der Waals surface area contributed by atoms with Gasteiger partial charge in [-0.1, -0.05) is 17.3 Å². The van der Waals surface area contributed by atoms with Crippen molar-refractivity contribution in [1.82, 2.24) is 4.98 Å². The minimum atomic E-state index is -0.794. The summed E-state index contributed by atoms with van der Waals surface area (Å²) in [6, 6.07) is 1.36. The Morgan fingerprint density at radius 1 is 1.67 bits per heavy atom. The first kappa shape index (κ1) is 10.9. The maximum atomic E-state index is 12.8. The Kier molecular flexibility index (Phi) is 4.00. The largest absolute Gasteiger partial charge is 0.298 e. The fourth-order valence-electron chi connectivity index (χ4n) is 0.928. The highest BCUT2D eigenvalue weighted by atomic mass is 19.1. The summed E-state index contributed by atoms with van der Waals surface area (Å²) in [7, 11) is 0. The third-order valence-electron chi connectivity index (χ3n) is 1.57. The van der Waals surface area contributed by atoms with Crippen LogP contribution in [-0.4, -0.2) is 17.8 Å². The Balaban J connectivity index is 2.82. The van der Waals surface area contributed by atoms with Crippen LogP contribution in [-0.2, 0) is 0 Å². The summed E-state index contributed by atoms with van der Waals surface area (Å²) in [4.78, 5) is 16.3. The number of aromatic nitrogens is 1. The van der Waals surface area contributed by atoms with Gasteiger partial charge in [0.25, 0.3) is 0 Å². The van der Waals surface area contributed by atoms with Crippen LogP contribution in [0.4, 0.5) is 4.39 Å². The molecule has 0 radical (unpaired) electrons. The zero-order chi connectivity index (χ0) is 11.1. The van der Waals surface area contributed by atoms with Crippen LogP contribution in [0.2, 0.25) is 0 Å². The quantitative estimate of drug-likeness (QED) is 0.249. The molecule has 0 N–H and O–H groups in total. The fourth-order valence-corrected chi connectivity index (χ4v) is 0.928. The molecule has 1 heterocycles. The zero-order valence-electron chi connectivity index (χ0n) is 7.67. The number of hydrogen-bond acceptors (Lipinski definition) is 3. The van der Waals surface area contributed by atoms with E-state index >= 15 is 0 Å². The van der Waals surface area contributed by atoms with Crippen LogP contribution in [0.5, 0.6) is 0 Å². The maximum Gasteiger partial charge on any atom is 0.223 e. The molecular weight excluding hydrogens is 199 g/mol. The van der Waals surface area contributed by atoms with E-state index in [-0.39, 0.29) is 12.1 Å². The van der Waals surface area contributed by atoms with Gasteiger partial charge in [-0.25, -0.2) is 4.98 Å². The van der Waals surface area contributed by atoms with Gasteiger partial charge in [-0.05, 0) is 17.2 Å². The summed E-state index contributed by atoms with van der Waals surface area (Å²) in [5.41, 5.74) is 8.48. The second kappa shape index (κ2) is 5.51. The monoisotopic (exact) mass is 206 g/mol. The normalized spacial score (nSPS) is 9.93. The molecule has 0 spiro atoms. The van der Waals surface area contributed by atoms with Crippen LogP contribution >= 0.6 is 0 Å². The Labute approximate surface area is 84.9 Å². The number of nitrogens with zero attached hydrogens (tertiary/aromatic N) is 4. The Bertz CT molecular complexity index is 438. The number of hydrogen-bond donors (Lipinski definition) is 0. The molecule has 1 aromatic heterocycles. The van der Waals surface area contributed by atoms with Gasteiger partial charge >= 0.3 is 0 Å². The molecule has 0 atom stereocenters. The minimum absolute atomic E-state index is 0.0964. The fraction of sp³-hybridized carbons (Fsp3) is 0.111. The Hall–Kier alpha value is -2.20. The van der Waals surface area contributed by atoms with E-state index in [0.29, 0.717) is 11.8 Å². The van der Waals surface area contributed by atoms with E-state index in [1.165, 1.54) is 12.3 Å². The molecule has 0 amide bonds. The van der Waals surface area contributed by atoms with Gasteiger partial charge in [-0.2, -0.15) is 4.39 Å². The van der Waals surface area contributed by atoms with Gasteiger partial charge in [0.1, 0.15) is 0 Å². The third-order valence-corrected chi connectivity index (χ3v) is 1.57. The molecule has 0 aliphatic heterocycles. The first-order chi connectivity index (χ1) is 7.27. The summed E-state index contributed by atoms with van der Waals surface area (Å²) < 4.78 is 12.8. The topological polar surface area (TPSA) is 78.7 Å². The van der Waals surface area contributed by atoms with Gasteiger partial charge in [-0.15, -0.1) is 0 Å². The van der Waals surface area contributed by atoms with E-state index < -0.39 is 5.95 Å². The minimum Gasteiger partial charge on any atom is -0.298 e. The summed E-state index contributed by atoms with van der Waals surface area (Å²) in [6.45, 7) is 0.199. The van der Waals surface area contributed by atoms with Gasteiger partial charge in [0.05, 0.1) is 5.56 Å². The van der Waals surface area contributed by atoms with Crippen molar-refractivity contribution in [2.24, 2.45) is 5.11 Å². The van der Waals surface area contributed by atoms with Crippen molar-refractivity contribution in [3.63, 3.8) is 0 Å². The lowest BCUT2D eigenvalue weighted by molar-refractivity contribution is 0.111. The number of pyridine rings is 1. The van der Waals surface area contributed by atoms with Crippen LogP contribution < -0.4 is 0 Å². The van der Waals surface area contributed by atoms with Crippen LogP contribution in [0.1, 0.15) is 15.9 Å². The van der Waals surface area contributed by atoms with Crippen molar-refractivity contribution in [2.75, 3.05) is 6.54 Å². The van der Waals surface area contributed by atoms with Crippen molar-refractivity contribution in [2.45, 2.75) is 0 Å². The molecule has 0 bridgehead atoms. The average molecular weight is 206 g/mol. The van der Waals surface area contributed by atoms with E-state index in [9.17, 15) is 9.18 Å². The second-order valence-electron chi connectivity index (χ2n) is 2.58. The van der Waals surface area contributed by atoms with E-state index in [1.54, 1.807) is 12.2 Å². The van der Waals surface area contributed by atoms with Crippen molar-refractivity contribution < 1.29 is 9.18 Å². The van der Waals surface area contributed by atoms with Gasteiger partial charge < -0.3 is 0 Å². The Morgan fingerprint density at radius 2 is 2.47 bits per heavy atom. The maximum absolute atomic E-state index is 12.8. The van der Waals surface area contributed by atoms with Crippen LogP contribution in [0.15, 0.2) is 23.5 Å². The van der Waals surface area contributed by atoms with E-state index in [1.807, 2.05) is 0 Å². The van der Waals surface area contributed by atoms with Crippen LogP contribution in [0.3, 0.4) is 0 Å². The predicted octanol–water partition coefficient (Wildman–Crippen LogP) is 2.36. The smallest absolute Gasteiger partial charge is 0.223 e. The lowest BCUT2D eigenvalue weighted by Gasteiger charge is -1.95. The summed E-state index contributed by atoms with van der Waals surface area (Å²) in [5.74, 6) is -0.794.